The molecular formula is C45H45FIrN2SSi-2. The summed E-state index contributed by atoms with van der Waals surface area (Å²) in [6.07, 6.45) is 5.04. The van der Waals surface area contributed by atoms with Gasteiger partial charge in [-0.25, -0.2) is 0 Å². The Balaban J connectivity index is 0.000000205. The maximum Gasteiger partial charge on any atom is 0.0798 e. The molecule has 3 heterocycles. The number of hydrogen-bond acceptors (Lipinski definition) is 3. The van der Waals surface area contributed by atoms with Crippen molar-refractivity contribution in [2.24, 2.45) is 5.41 Å². The molecule has 3 aromatic heterocycles. The van der Waals surface area contributed by atoms with Crippen LogP contribution in [0.2, 0.25) is 19.6 Å². The van der Waals surface area contributed by atoms with E-state index in [1.165, 1.54) is 39.1 Å². The van der Waals surface area contributed by atoms with Gasteiger partial charge in [-0.05, 0) is 99.0 Å². The molecule has 0 bridgehead atoms. The van der Waals surface area contributed by atoms with Gasteiger partial charge in [-0.1, -0.05) is 94.0 Å². The quantitative estimate of drug-likeness (QED) is 0.127. The summed E-state index contributed by atoms with van der Waals surface area (Å²) in [6, 6.07) is 34.7. The molecule has 6 heteroatoms. The van der Waals surface area contributed by atoms with Gasteiger partial charge >= 0.3 is 0 Å². The first-order chi connectivity index (χ1) is 23.7. The monoisotopic (exact) mass is 885 g/mol. The average molecular weight is 885 g/mol. The van der Waals surface area contributed by atoms with Crippen LogP contribution in [-0.2, 0) is 26.5 Å². The van der Waals surface area contributed by atoms with Crippen molar-refractivity contribution >= 4 is 44.8 Å². The van der Waals surface area contributed by atoms with Crippen molar-refractivity contribution in [2.75, 3.05) is 0 Å². The molecule has 7 aromatic rings. The third kappa shape index (κ3) is 8.64. The van der Waals surface area contributed by atoms with E-state index in [0.29, 0.717) is 5.39 Å². The van der Waals surface area contributed by atoms with E-state index in [2.05, 4.69) is 115 Å². The van der Waals surface area contributed by atoms with Crippen molar-refractivity contribution in [3.63, 3.8) is 0 Å². The average Bonchev–Trinajstić information content (AvgIpc) is 3.45. The Bertz CT molecular complexity index is 2290. The maximum absolute atomic E-state index is 14.7. The van der Waals surface area contributed by atoms with Gasteiger partial charge < -0.3 is 9.97 Å². The van der Waals surface area contributed by atoms with Gasteiger partial charge in [0.05, 0.1) is 8.07 Å². The van der Waals surface area contributed by atoms with Crippen molar-refractivity contribution in [1.29, 1.82) is 0 Å². The molecule has 0 saturated heterocycles. The summed E-state index contributed by atoms with van der Waals surface area (Å²) in [5.41, 5.74) is 11.6. The zero-order chi connectivity index (χ0) is 35.8. The molecule has 2 nitrogen and oxygen atoms in total. The second-order valence-electron chi connectivity index (χ2n) is 15.5. The number of nitrogens with zero attached hydrogens (tertiary/aromatic N) is 2. The van der Waals surface area contributed by atoms with Gasteiger partial charge in [0.15, 0.2) is 0 Å². The van der Waals surface area contributed by atoms with Crippen LogP contribution in [-0.4, -0.2) is 18.0 Å². The summed E-state index contributed by atoms with van der Waals surface area (Å²) in [4.78, 5) is 9.32. The van der Waals surface area contributed by atoms with E-state index in [-0.39, 0.29) is 31.3 Å². The summed E-state index contributed by atoms with van der Waals surface area (Å²) < 4.78 is 16.7. The summed E-state index contributed by atoms with van der Waals surface area (Å²) in [7, 11) is -1.37. The Morgan fingerprint density at radius 3 is 2.20 bits per heavy atom. The fraction of sp³-hybridized carbons (Fsp3) is 0.244. The smallest absolute Gasteiger partial charge is 0.0798 e. The second kappa shape index (κ2) is 15.4. The van der Waals surface area contributed by atoms with Gasteiger partial charge in [-0.2, -0.15) is 11.3 Å². The van der Waals surface area contributed by atoms with Gasteiger partial charge in [0.2, 0.25) is 0 Å². The maximum atomic E-state index is 14.7. The van der Waals surface area contributed by atoms with Crippen molar-refractivity contribution < 1.29 is 24.5 Å². The molecule has 1 radical (unpaired) electrons. The molecule has 0 aliphatic carbocycles. The van der Waals surface area contributed by atoms with Crippen LogP contribution < -0.4 is 5.19 Å². The minimum Gasteiger partial charge on any atom is -0.305 e. The molecule has 0 aliphatic rings. The molecule has 0 amide bonds. The third-order valence-electron chi connectivity index (χ3n) is 8.89. The van der Waals surface area contributed by atoms with Crippen molar-refractivity contribution in [3.05, 3.63) is 138 Å². The Morgan fingerprint density at radius 1 is 0.824 bits per heavy atom. The molecule has 7 rings (SSSR count). The number of halogens is 1. The molecule has 0 fully saturated rings. The number of aromatic nitrogens is 2. The fourth-order valence-electron chi connectivity index (χ4n) is 6.87. The Morgan fingerprint density at radius 2 is 1.53 bits per heavy atom. The van der Waals surface area contributed by atoms with Crippen LogP contribution in [0.1, 0.15) is 43.0 Å². The normalized spacial score (nSPS) is 11.6. The Hall–Kier alpha value is -3.80. The molecular weight excluding hydrogens is 840 g/mol. The number of rotatable bonds is 5. The minimum absolute atomic E-state index is 0. The minimum atomic E-state index is -1.37. The van der Waals surface area contributed by atoms with E-state index in [1.807, 2.05) is 54.7 Å². The van der Waals surface area contributed by atoms with Crippen LogP contribution in [0.25, 0.3) is 53.8 Å². The summed E-state index contributed by atoms with van der Waals surface area (Å²) in [5.74, 6) is -0.234. The topological polar surface area (TPSA) is 25.8 Å². The first kappa shape index (κ1) is 38.4. The number of thiophene rings is 1. The van der Waals surface area contributed by atoms with Crippen molar-refractivity contribution in [1.82, 2.24) is 9.97 Å². The summed E-state index contributed by atoms with van der Waals surface area (Å²) >= 11 is 1.60. The van der Waals surface area contributed by atoms with Crippen LogP contribution in [0.4, 0.5) is 4.39 Å². The number of fused-ring (bicyclic) bond motifs is 3. The third-order valence-corrected chi connectivity index (χ3v) is 12.1. The van der Waals surface area contributed by atoms with Crippen molar-refractivity contribution in [3.8, 4) is 33.6 Å². The molecule has 51 heavy (non-hydrogen) atoms. The molecule has 0 N–H and O–H groups in total. The Kier molecular flexibility index (Phi) is 11.6. The largest absolute Gasteiger partial charge is 0.305 e. The van der Waals surface area contributed by atoms with E-state index in [4.69, 9.17) is 4.98 Å². The molecule has 0 saturated carbocycles. The van der Waals surface area contributed by atoms with Gasteiger partial charge in [0.25, 0.3) is 0 Å². The van der Waals surface area contributed by atoms with Crippen LogP contribution >= 0.6 is 11.3 Å². The standard InChI is InChI=1S/C26H19FNS.C19H26NSi.Ir/c1-15-12-16(2)24(17(3)13-15)18-10-11-28-22(14-18)19-8-9-21(27)25-20-6-4-5-7-23(20)29-26(19)25;1-19(2,3)13-16-12-17(15-10-8-7-9-11-15)20-14-18(16)21(4,5)6;/h4-7,9-14H,1-3H3;7-10,12,14H,13H2,1-6H3;/q2*-1;. The van der Waals surface area contributed by atoms with E-state index >= 15 is 0 Å². The summed E-state index contributed by atoms with van der Waals surface area (Å²) in [6.45, 7) is 20.5. The molecule has 4 aromatic carbocycles. The van der Waals surface area contributed by atoms with Crippen molar-refractivity contribution in [2.45, 2.75) is 67.6 Å². The number of aryl methyl sites for hydroxylation is 3. The summed E-state index contributed by atoms with van der Waals surface area (Å²) in [5, 5.41) is 3.09. The van der Waals surface area contributed by atoms with Crippen LogP contribution in [0, 0.1) is 44.1 Å². The van der Waals surface area contributed by atoms with E-state index in [1.54, 1.807) is 11.3 Å². The molecule has 0 atom stereocenters. The number of hydrogen-bond donors (Lipinski definition) is 0. The molecule has 263 valence electrons. The molecule has 0 spiro atoms. The second-order valence-corrected chi connectivity index (χ2v) is 21.6. The predicted octanol–water partition coefficient (Wildman–Crippen LogP) is 12.3. The zero-order valence-corrected chi connectivity index (χ0v) is 35.2. The molecule has 0 aliphatic heterocycles. The van der Waals surface area contributed by atoms with E-state index in [0.717, 1.165) is 49.3 Å². The van der Waals surface area contributed by atoms with Gasteiger partial charge in [0.1, 0.15) is 0 Å². The van der Waals surface area contributed by atoms with Gasteiger partial charge in [0, 0.05) is 43.0 Å². The fourth-order valence-corrected chi connectivity index (χ4v) is 9.67. The number of benzene rings is 4. The zero-order valence-electron chi connectivity index (χ0n) is 31.0. The van der Waals surface area contributed by atoms with E-state index < -0.39 is 8.07 Å². The van der Waals surface area contributed by atoms with E-state index in [9.17, 15) is 4.39 Å². The number of pyridine rings is 2. The van der Waals surface area contributed by atoms with Crippen LogP contribution in [0.3, 0.4) is 0 Å². The van der Waals surface area contributed by atoms with Gasteiger partial charge in [-0.3, -0.25) is 4.39 Å². The van der Waals surface area contributed by atoms with Gasteiger partial charge in [-0.15, -0.1) is 53.6 Å². The van der Waals surface area contributed by atoms with Crippen LogP contribution in [0.15, 0.2) is 97.3 Å². The SMILES string of the molecule is CC(C)(C)Cc1cc(-c2[c-]cccc2)ncc1[Si](C)(C)C.Cc1cc(C)c(-c2ccnc(-c3[c-]cc(F)c4c3sc3ccccc34)c2)c(C)c1.[Ir]. The molecule has 0 unspecified atom stereocenters. The Labute approximate surface area is 321 Å². The first-order valence-corrected chi connectivity index (χ1v) is 21.5. The predicted molar refractivity (Wildman–Crippen MR) is 216 cm³/mol. The first-order valence-electron chi connectivity index (χ1n) is 17.2. The van der Waals surface area contributed by atoms with Crippen LogP contribution in [0.5, 0.6) is 0 Å².